The van der Waals surface area contributed by atoms with E-state index in [9.17, 15) is 4.79 Å². The standard InChI is InChI=1S/C23H21ClN6O/c1-14-11-17-12-16(6-7-19(17)29-21(14)25)23(31)30(13-20-18(24)5-3-8-26-20)15(2)22-27-9-4-10-28-22/h3-12,15H,13H2,1-2H3,(H2,25,29)/t15-/m0/s1. The van der Waals surface area contributed by atoms with Gasteiger partial charge in [0.1, 0.15) is 11.6 Å². The van der Waals surface area contributed by atoms with Crippen LogP contribution in [0.4, 0.5) is 5.82 Å². The molecule has 0 saturated carbocycles. The zero-order chi connectivity index (χ0) is 22.0. The van der Waals surface area contributed by atoms with Crippen molar-refractivity contribution in [1.82, 2.24) is 24.8 Å². The molecule has 31 heavy (non-hydrogen) atoms. The predicted molar refractivity (Wildman–Crippen MR) is 120 cm³/mol. The highest BCUT2D eigenvalue weighted by Crippen LogP contribution is 2.26. The molecule has 3 heterocycles. The Bertz CT molecular complexity index is 1250. The number of amides is 1. The number of fused-ring (bicyclic) bond motifs is 1. The number of nitrogen functional groups attached to an aromatic ring is 1. The fraction of sp³-hybridized carbons (Fsp3) is 0.174. The van der Waals surface area contributed by atoms with Crippen molar-refractivity contribution in [3.63, 3.8) is 0 Å². The number of nitrogens with two attached hydrogens (primary N) is 1. The molecule has 1 amide bonds. The van der Waals surface area contributed by atoms with Gasteiger partial charge in [-0.05, 0) is 61.9 Å². The molecule has 7 nitrogen and oxygen atoms in total. The minimum Gasteiger partial charge on any atom is -0.383 e. The van der Waals surface area contributed by atoms with Crippen molar-refractivity contribution in [2.75, 3.05) is 5.73 Å². The molecule has 2 N–H and O–H groups in total. The summed E-state index contributed by atoms with van der Waals surface area (Å²) in [6, 6.07) is 12.2. The average molecular weight is 433 g/mol. The fourth-order valence-corrected chi connectivity index (χ4v) is 3.52. The van der Waals surface area contributed by atoms with E-state index in [2.05, 4.69) is 19.9 Å². The first-order chi connectivity index (χ1) is 14.9. The average Bonchev–Trinajstić information content (AvgIpc) is 2.79. The Morgan fingerprint density at radius 2 is 1.84 bits per heavy atom. The molecular weight excluding hydrogens is 412 g/mol. The maximum Gasteiger partial charge on any atom is 0.254 e. The van der Waals surface area contributed by atoms with Crippen molar-refractivity contribution < 1.29 is 4.79 Å². The molecule has 0 unspecified atom stereocenters. The molecule has 0 radical (unpaired) electrons. The van der Waals surface area contributed by atoms with E-state index in [1.54, 1.807) is 53.8 Å². The molecule has 0 saturated heterocycles. The van der Waals surface area contributed by atoms with Crippen LogP contribution >= 0.6 is 11.6 Å². The first kappa shape index (κ1) is 20.7. The van der Waals surface area contributed by atoms with Gasteiger partial charge in [-0.25, -0.2) is 15.0 Å². The van der Waals surface area contributed by atoms with Crippen LogP contribution in [0.1, 0.15) is 40.4 Å². The third-order valence-corrected chi connectivity index (χ3v) is 5.48. The van der Waals surface area contributed by atoms with Gasteiger partial charge in [0.2, 0.25) is 0 Å². The first-order valence-corrected chi connectivity index (χ1v) is 10.2. The van der Waals surface area contributed by atoms with Crippen LogP contribution in [-0.2, 0) is 6.54 Å². The number of nitrogens with zero attached hydrogens (tertiary/aromatic N) is 5. The van der Waals surface area contributed by atoms with Gasteiger partial charge in [0, 0.05) is 29.5 Å². The van der Waals surface area contributed by atoms with Crippen LogP contribution in [0.3, 0.4) is 0 Å². The lowest BCUT2D eigenvalue weighted by Gasteiger charge is -2.28. The Kier molecular flexibility index (Phi) is 5.77. The molecule has 0 spiro atoms. The Balaban J connectivity index is 1.75. The third kappa shape index (κ3) is 4.32. The van der Waals surface area contributed by atoms with E-state index in [4.69, 9.17) is 17.3 Å². The van der Waals surface area contributed by atoms with Gasteiger partial charge in [0.05, 0.1) is 28.8 Å². The second-order valence-corrected chi connectivity index (χ2v) is 7.65. The van der Waals surface area contributed by atoms with E-state index in [1.165, 1.54) is 0 Å². The number of rotatable bonds is 5. The molecule has 156 valence electrons. The minimum absolute atomic E-state index is 0.182. The highest BCUT2D eigenvalue weighted by atomic mass is 35.5. The van der Waals surface area contributed by atoms with Gasteiger partial charge >= 0.3 is 0 Å². The van der Waals surface area contributed by atoms with E-state index in [1.807, 2.05) is 26.0 Å². The quantitative estimate of drug-likeness (QED) is 0.503. The van der Waals surface area contributed by atoms with E-state index in [-0.39, 0.29) is 12.5 Å². The summed E-state index contributed by atoms with van der Waals surface area (Å²) in [6.45, 7) is 3.99. The summed E-state index contributed by atoms with van der Waals surface area (Å²) in [5.41, 5.74) is 8.64. The third-order valence-electron chi connectivity index (χ3n) is 5.13. The number of aromatic nitrogens is 4. The van der Waals surface area contributed by atoms with Gasteiger partial charge in [-0.1, -0.05) is 11.6 Å². The van der Waals surface area contributed by atoms with Crippen LogP contribution in [0.25, 0.3) is 10.9 Å². The number of carbonyl (C=O) groups excluding carboxylic acids is 1. The lowest BCUT2D eigenvalue weighted by molar-refractivity contribution is 0.0663. The normalized spacial score (nSPS) is 12.0. The lowest BCUT2D eigenvalue weighted by atomic mass is 10.1. The Labute approximate surface area is 184 Å². The molecule has 0 bridgehead atoms. The van der Waals surface area contributed by atoms with Gasteiger partial charge < -0.3 is 10.6 Å². The zero-order valence-electron chi connectivity index (χ0n) is 17.2. The molecule has 1 atom stereocenters. The Morgan fingerprint density at radius 1 is 1.10 bits per heavy atom. The van der Waals surface area contributed by atoms with Gasteiger partial charge in [0.25, 0.3) is 5.91 Å². The predicted octanol–water partition coefficient (Wildman–Crippen LogP) is 4.37. The zero-order valence-corrected chi connectivity index (χ0v) is 17.9. The molecule has 8 heteroatoms. The van der Waals surface area contributed by atoms with E-state index in [0.29, 0.717) is 27.9 Å². The number of benzene rings is 1. The summed E-state index contributed by atoms with van der Waals surface area (Å²) in [5, 5.41) is 1.34. The monoisotopic (exact) mass is 432 g/mol. The highest BCUT2D eigenvalue weighted by Gasteiger charge is 2.26. The summed E-state index contributed by atoms with van der Waals surface area (Å²) in [4.78, 5) is 32.7. The van der Waals surface area contributed by atoms with Crippen LogP contribution in [0, 0.1) is 6.92 Å². The Morgan fingerprint density at radius 3 is 2.58 bits per heavy atom. The number of hydrogen-bond donors (Lipinski definition) is 1. The van der Waals surface area contributed by atoms with Gasteiger partial charge in [0.15, 0.2) is 0 Å². The second kappa shape index (κ2) is 8.65. The van der Waals surface area contributed by atoms with Gasteiger partial charge in [-0.15, -0.1) is 0 Å². The summed E-state index contributed by atoms with van der Waals surface area (Å²) in [6.07, 6.45) is 4.97. The molecule has 1 aromatic carbocycles. The van der Waals surface area contributed by atoms with Crippen molar-refractivity contribution in [3.05, 3.63) is 88.7 Å². The maximum atomic E-state index is 13.6. The van der Waals surface area contributed by atoms with Gasteiger partial charge in [-0.3, -0.25) is 9.78 Å². The smallest absolute Gasteiger partial charge is 0.254 e. The number of pyridine rings is 2. The van der Waals surface area contributed by atoms with Crippen LogP contribution in [0.15, 0.2) is 61.1 Å². The largest absolute Gasteiger partial charge is 0.383 e. The molecule has 4 rings (SSSR count). The van der Waals surface area contributed by atoms with Crippen molar-refractivity contribution in [2.45, 2.75) is 26.4 Å². The molecular formula is C23H21ClN6O. The lowest BCUT2D eigenvalue weighted by Crippen LogP contribution is -2.34. The SMILES string of the molecule is Cc1cc2cc(C(=O)N(Cc3ncccc3Cl)[C@@H](C)c3ncccn3)ccc2nc1N. The van der Waals surface area contributed by atoms with Crippen molar-refractivity contribution >= 4 is 34.2 Å². The summed E-state index contributed by atoms with van der Waals surface area (Å²) in [5.74, 6) is 0.833. The van der Waals surface area contributed by atoms with Crippen LogP contribution in [0.5, 0.6) is 0 Å². The molecule has 3 aromatic heterocycles. The van der Waals surface area contributed by atoms with E-state index < -0.39 is 6.04 Å². The van der Waals surface area contributed by atoms with Crippen molar-refractivity contribution in [1.29, 1.82) is 0 Å². The number of carbonyl (C=O) groups is 1. The Hall–Kier alpha value is -3.58. The van der Waals surface area contributed by atoms with Crippen LogP contribution in [0.2, 0.25) is 5.02 Å². The molecule has 4 aromatic rings. The molecule has 0 aliphatic heterocycles. The van der Waals surface area contributed by atoms with Crippen LogP contribution < -0.4 is 5.73 Å². The molecule has 0 fully saturated rings. The highest BCUT2D eigenvalue weighted by molar-refractivity contribution is 6.31. The van der Waals surface area contributed by atoms with Crippen molar-refractivity contribution in [2.24, 2.45) is 0 Å². The fourth-order valence-electron chi connectivity index (χ4n) is 3.34. The summed E-state index contributed by atoms with van der Waals surface area (Å²) >= 11 is 6.33. The summed E-state index contributed by atoms with van der Waals surface area (Å²) in [7, 11) is 0. The minimum atomic E-state index is -0.395. The topological polar surface area (TPSA) is 97.9 Å². The number of anilines is 1. The van der Waals surface area contributed by atoms with Crippen molar-refractivity contribution in [3.8, 4) is 0 Å². The number of hydrogen-bond acceptors (Lipinski definition) is 6. The second-order valence-electron chi connectivity index (χ2n) is 7.25. The molecule has 0 aliphatic rings. The summed E-state index contributed by atoms with van der Waals surface area (Å²) < 4.78 is 0. The van der Waals surface area contributed by atoms with Crippen LogP contribution in [-0.4, -0.2) is 30.7 Å². The maximum absolute atomic E-state index is 13.6. The number of halogens is 1. The number of aryl methyl sites for hydroxylation is 1. The van der Waals surface area contributed by atoms with E-state index >= 15 is 0 Å². The van der Waals surface area contributed by atoms with Gasteiger partial charge in [-0.2, -0.15) is 0 Å². The molecule has 0 aliphatic carbocycles. The first-order valence-electron chi connectivity index (χ1n) is 9.78. The van der Waals surface area contributed by atoms with E-state index in [0.717, 1.165) is 16.5 Å².